The van der Waals surface area contributed by atoms with E-state index in [1.165, 1.54) is 7.11 Å². The highest BCUT2D eigenvalue weighted by molar-refractivity contribution is 5.89. The molecular weight excluding hydrogens is 196 g/mol. The third kappa shape index (κ3) is 3.51. The Morgan fingerprint density at radius 2 is 1.73 bits per heavy atom. The summed E-state index contributed by atoms with van der Waals surface area (Å²) in [6, 6.07) is 0. The number of nitrogens with one attached hydrogen (secondary N) is 1. The van der Waals surface area contributed by atoms with Crippen LogP contribution in [-0.4, -0.2) is 31.1 Å². The summed E-state index contributed by atoms with van der Waals surface area (Å²) in [6.07, 6.45) is 0. The van der Waals surface area contributed by atoms with Crippen molar-refractivity contribution >= 4 is 11.9 Å². The van der Waals surface area contributed by atoms with Crippen molar-refractivity contribution in [2.45, 2.75) is 33.2 Å². The number of amides is 1. The number of ether oxygens (including phenoxy) is 1. The molecule has 5 nitrogen and oxygen atoms in total. The van der Waals surface area contributed by atoms with Crippen LogP contribution in [-0.2, 0) is 14.3 Å². The van der Waals surface area contributed by atoms with Crippen LogP contribution in [0.25, 0.3) is 0 Å². The highest BCUT2D eigenvalue weighted by Crippen LogP contribution is 2.15. The van der Waals surface area contributed by atoms with Gasteiger partial charge in [-0.05, 0) is 27.7 Å². The van der Waals surface area contributed by atoms with E-state index in [9.17, 15) is 9.59 Å². The third-order valence-corrected chi connectivity index (χ3v) is 2.25. The normalized spacial score (nSPS) is 12.1. The van der Waals surface area contributed by atoms with Gasteiger partial charge in [0.05, 0.1) is 12.5 Å². The summed E-state index contributed by atoms with van der Waals surface area (Å²) in [5.74, 6) is -0.746. The fourth-order valence-electron chi connectivity index (χ4n) is 0.852. The molecule has 88 valence electrons. The van der Waals surface area contributed by atoms with Gasteiger partial charge in [0.25, 0.3) is 0 Å². The lowest BCUT2D eigenvalue weighted by Crippen LogP contribution is -2.55. The zero-order valence-corrected chi connectivity index (χ0v) is 10.0. The second kappa shape index (κ2) is 4.61. The van der Waals surface area contributed by atoms with E-state index >= 15 is 0 Å². The van der Waals surface area contributed by atoms with Crippen LogP contribution in [0.4, 0.5) is 0 Å². The maximum Gasteiger partial charge on any atom is 0.330 e. The molecule has 15 heavy (non-hydrogen) atoms. The van der Waals surface area contributed by atoms with E-state index in [1.807, 2.05) is 0 Å². The number of carbonyl (C=O) groups is 2. The predicted octanol–water partition coefficient (Wildman–Crippen LogP) is 0.0391. The zero-order chi connectivity index (χ0) is 12.3. The summed E-state index contributed by atoms with van der Waals surface area (Å²) in [7, 11) is 1.28. The molecule has 0 fully saturated rings. The van der Waals surface area contributed by atoms with Gasteiger partial charge in [0.1, 0.15) is 5.54 Å². The highest BCUT2D eigenvalue weighted by atomic mass is 16.5. The van der Waals surface area contributed by atoms with Crippen LogP contribution in [0, 0.1) is 5.41 Å². The topological polar surface area (TPSA) is 81.4 Å². The lowest BCUT2D eigenvalue weighted by atomic mass is 9.91. The average Bonchev–Trinajstić information content (AvgIpc) is 2.15. The first-order chi connectivity index (χ1) is 6.67. The van der Waals surface area contributed by atoms with Crippen molar-refractivity contribution in [3.63, 3.8) is 0 Å². The summed E-state index contributed by atoms with van der Waals surface area (Å²) in [4.78, 5) is 23.0. The fourth-order valence-corrected chi connectivity index (χ4v) is 0.852. The number of hydrogen-bond acceptors (Lipinski definition) is 4. The smallest absolute Gasteiger partial charge is 0.330 e. The van der Waals surface area contributed by atoms with Gasteiger partial charge in [-0.1, -0.05) is 0 Å². The molecule has 0 heterocycles. The number of esters is 1. The Hall–Kier alpha value is -1.10. The van der Waals surface area contributed by atoms with Gasteiger partial charge in [0.15, 0.2) is 0 Å². The molecule has 0 spiro atoms. The van der Waals surface area contributed by atoms with Crippen molar-refractivity contribution in [3.05, 3.63) is 0 Å². The van der Waals surface area contributed by atoms with E-state index in [4.69, 9.17) is 5.73 Å². The third-order valence-electron chi connectivity index (χ3n) is 2.25. The molecule has 0 radical (unpaired) electrons. The van der Waals surface area contributed by atoms with Gasteiger partial charge in [-0.3, -0.25) is 4.79 Å². The standard InChI is InChI=1S/C10H20N2O3/c1-9(2,6-11)7(13)12-10(3,4)8(14)15-5/h6,11H2,1-5H3,(H,12,13). The Morgan fingerprint density at radius 3 is 2.07 bits per heavy atom. The zero-order valence-electron chi connectivity index (χ0n) is 10.0. The van der Waals surface area contributed by atoms with Gasteiger partial charge in [0.2, 0.25) is 5.91 Å². The molecule has 0 bridgehead atoms. The second-order valence-electron chi connectivity index (χ2n) is 4.66. The maximum absolute atomic E-state index is 11.7. The Kier molecular flexibility index (Phi) is 4.27. The Morgan fingerprint density at radius 1 is 1.27 bits per heavy atom. The number of nitrogens with two attached hydrogens (primary N) is 1. The van der Waals surface area contributed by atoms with E-state index in [2.05, 4.69) is 10.1 Å². The van der Waals surface area contributed by atoms with Crippen LogP contribution in [0.2, 0.25) is 0 Å². The first-order valence-corrected chi connectivity index (χ1v) is 4.78. The van der Waals surface area contributed by atoms with Crippen LogP contribution in [0.1, 0.15) is 27.7 Å². The Labute approximate surface area is 90.4 Å². The van der Waals surface area contributed by atoms with Gasteiger partial charge < -0.3 is 15.8 Å². The number of hydrogen-bond donors (Lipinski definition) is 2. The first kappa shape index (κ1) is 13.9. The number of rotatable bonds is 4. The van der Waals surface area contributed by atoms with Gasteiger partial charge in [-0.25, -0.2) is 4.79 Å². The van der Waals surface area contributed by atoms with Crippen molar-refractivity contribution < 1.29 is 14.3 Å². The summed E-state index contributed by atoms with van der Waals surface area (Å²) in [5.41, 5.74) is 3.74. The van der Waals surface area contributed by atoms with Gasteiger partial charge in [-0.15, -0.1) is 0 Å². The minimum atomic E-state index is -1.03. The summed E-state index contributed by atoms with van der Waals surface area (Å²) < 4.78 is 4.58. The van der Waals surface area contributed by atoms with E-state index in [0.29, 0.717) is 0 Å². The molecule has 5 heteroatoms. The van der Waals surface area contributed by atoms with E-state index in [-0.39, 0.29) is 12.5 Å². The van der Waals surface area contributed by atoms with E-state index in [0.717, 1.165) is 0 Å². The molecule has 1 amide bonds. The van der Waals surface area contributed by atoms with E-state index in [1.54, 1.807) is 27.7 Å². The van der Waals surface area contributed by atoms with Crippen molar-refractivity contribution in [1.29, 1.82) is 0 Å². The molecule has 0 atom stereocenters. The van der Waals surface area contributed by atoms with Crippen LogP contribution >= 0.6 is 0 Å². The van der Waals surface area contributed by atoms with Crippen LogP contribution in [0.3, 0.4) is 0 Å². The first-order valence-electron chi connectivity index (χ1n) is 4.78. The van der Waals surface area contributed by atoms with Crippen molar-refractivity contribution in [2.75, 3.05) is 13.7 Å². The van der Waals surface area contributed by atoms with Crippen LogP contribution in [0.5, 0.6) is 0 Å². The molecule has 0 aromatic carbocycles. The predicted molar refractivity (Wildman–Crippen MR) is 57.1 cm³/mol. The molecular formula is C10H20N2O3. The van der Waals surface area contributed by atoms with Crippen LogP contribution in [0.15, 0.2) is 0 Å². The summed E-state index contributed by atoms with van der Waals surface area (Å²) >= 11 is 0. The maximum atomic E-state index is 11.7. The van der Waals surface area contributed by atoms with Crippen molar-refractivity contribution in [1.82, 2.24) is 5.32 Å². The van der Waals surface area contributed by atoms with Crippen molar-refractivity contribution in [3.8, 4) is 0 Å². The lowest BCUT2D eigenvalue weighted by Gasteiger charge is -2.29. The molecule has 0 aromatic rings. The summed E-state index contributed by atoms with van der Waals surface area (Å²) in [6.45, 7) is 6.83. The minimum Gasteiger partial charge on any atom is -0.467 e. The Balaban J connectivity index is 4.61. The minimum absolute atomic E-state index is 0.218. The van der Waals surface area contributed by atoms with Gasteiger partial charge in [-0.2, -0.15) is 0 Å². The molecule has 0 aromatic heterocycles. The Bertz CT molecular complexity index is 259. The molecule has 0 rings (SSSR count). The molecule has 0 unspecified atom stereocenters. The highest BCUT2D eigenvalue weighted by Gasteiger charge is 2.35. The van der Waals surface area contributed by atoms with Crippen LogP contribution < -0.4 is 11.1 Å². The monoisotopic (exact) mass is 216 g/mol. The number of methoxy groups -OCH3 is 1. The lowest BCUT2D eigenvalue weighted by molar-refractivity contribution is -0.150. The van der Waals surface area contributed by atoms with Gasteiger partial charge >= 0.3 is 5.97 Å². The molecule has 0 saturated heterocycles. The largest absolute Gasteiger partial charge is 0.467 e. The van der Waals surface area contributed by atoms with Gasteiger partial charge in [0, 0.05) is 6.54 Å². The second-order valence-corrected chi connectivity index (χ2v) is 4.66. The summed E-state index contributed by atoms with van der Waals surface area (Å²) in [5, 5.41) is 2.60. The molecule has 0 saturated carbocycles. The fraction of sp³-hybridized carbons (Fsp3) is 0.800. The molecule has 3 N–H and O–H groups in total. The quantitative estimate of drug-likeness (QED) is 0.650. The molecule has 0 aliphatic rings. The molecule has 0 aliphatic carbocycles. The number of carbonyl (C=O) groups excluding carboxylic acids is 2. The SMILES string of the molecule is COC(=O)C(C)(C)NC(=O)C(C)(C)CN. The van der Waals surface area contributed by atoms with Crippen molar-refractivity contribution in [2.24, 2.45) is 11.1 Å². The van der Waals surface area contributed by atoms with E-state index < -0.39 is 16.9 Å². The average molecular weight is 216 g/mol. The molecule has 0 aliphatic heterocycles.